The number of nitrogens with zero attached hydrogens (tertiary/aromatic N) is 2. The number of unbranched alkanes of at least 4 members (excludes halogenated alkanes) is 2. The summed E-state index contributed by atoms with van der Waals surface area (Å²) in [7, 11) is 0. The highest BCUT2D eigenvalue weighted by Gasteiger charge is 2.08. The summed E-state index contributed by atoms with van der Waals surface area (Å²) in [5, 5.41) is 0. The van der Waals surface area contributed by atoms with Gasteiger partial charge in [-0.3, -0.25) is 4.98 Å². The Balaban J connectivity index is 2.70. The van der Waals surface area contributed by atoms with E-state index in [-0.39, 0.29) is 0 Å². The summed E-state index contributed by atoms with van der Waals surface area (Å²) in [6.45, 7) is 6.75. The van der Waals surface area contributed by atoms with Crippen LogP contribution < -0.4 is 4.90 Å². The zero-order valence-corrected chi connectivity index (χ0v) is 11.8. The van der Waals surface area contributed by atoms with Crippen molar-refractivity contribution in [3.63, 3.8) is 0 Å². The van der Waals surface area contributed by atoms with Gasteiger partial charge in [-0.15, -0.1) is 0 Å². The molecule has 0 aromatic carbocycles. The van der Waals surface area contributed by atoms with Crippen molar-refractivity contribution in [2.24, 2.45) is 0 Å². The highest BCUT2D eigenvalue weighted by Crippen LogP contribution is 2.25. The first-order valence-electron chi connectivity index (χ1n) is 6.14. The van der Waals surface area contributed by atoms with Gasteiger partial charge < -0.3 is 4.90 Å². The number of hydrogen-bond acceptors (Lipinski definition) is 2. The number of aromatic nitrogens is 1. The second-order valence-electron chi connectivity index (χ2n) is 4.02. The molecule has 0 saturated carbocycles. The molecule has 0 fully saturated rings. The number of halogens is 1. The van der Waals surface area contributed by atoms with E-state index in [1.165, 1.54) is 31.4 Å². The summed E-state index contributed by atoms with van der Waals surface area (Å²) in [6.07, 6.45) is 8.72. The van der Waals surface area contributed by atoms with Gasteiger partial charge in [0.15, 0.2) is 0 Å². The largest absolute Gasteiger partial charge is 0.371 e. The van der Waals surface area contributed by atoms with E-state index in [1.807, 2.05) is 12.4 Å². The first-order valence-corrected chi connectivity index (χ1v) is 6.93. The molecule has 0 bridgehead atoms. The van der Waals surface area contributed by atoms with Crippen LogP contribution in [0.5, 0.6) is 0 Å². The zero-order chi connectivity index (χ0) is 11.8. The average molecular weight is 285 g/mol. The summed E-state index contributed by atoms with van der Waals surface area (Å²) in [4.78, 5) is 6.57. The summed E-state index contributed by atoms with van der Waals surface area (Å²) in [6, 6.07) is 2.09. The quantitative estimate of drug-likeness (QED) is 0.744. The molecule has 3 heteroatoms. The summed E-state index contributed by atoms with van der Waals surface area (Å²) in [5.41, 5.74) is 1.27. The Hall–Kier alpha value is -0.570. The Bertz CT molecular complexity index is 294. The fourth-order valence-corrected chi connectivity index (χ4v) is 2.18. The van der Waals surface area contributed by atoms with Gasteiger partial charge in [0.2, 0.25) is 0 Å². The van der Waals surface area contributed by atoms with Crippen LogP contribution in [-0.4, -0.2) is 18.1 Å². The third-order valence-corrected chi connectivity index (χ3v) is 3.27. The predicted molar refractivity (Wildman–Crippen MR) is 74.0 cm³/mol. The molecule has 90 valence electrons. The first kappa shape index (κ1) is 13.5. The lowest BCUT2D eigenvalue weighted by Crippen LogP contribution is -2.25. The van der Waals surface area contributed by atoms with E-state index in [0.29, 0.717) is 0 Å². The van der Waals surface area contributed by atoms with E-state index in [1.54, 1.807) is 0 Å². The second-order valence-corrected chi connectivity index (χ2v) is 4.88. The van der Waals surface area contributed by atoms with Crippen molar-refractivity contribution in [1.82, 2.24) is 4.98 Å². The maximum Gasteiger partial charge on any atom is 0.0592 e. The Labute approximate surface area is 107 Å². The van der Waals surface area contributed by atoms with Gasteiger partial charge in [0.1, 0.15) is 0 Å². The van der Waals surface area contributed by atoms with E-state index in [4.69, 9.17) is 0 Å². The molecule has 0 aliphatic rings. The molecule has 0 aliphatic heterocycles. The van der Waals surface area contributed by atoms with Gasteiger partial charge in [0.25, 0.3) is 0 Å². The lowest BCUT2D eigenvalue weighted by Gasteiger charge is -2.25. The molecule has 16 heavy (non-hydrogen) atoms. The van der Waals surface area contributed by atoms with Crippen molar-refractivity contribution in [1.29, 1.82) is 0 Å². The van der Waals surface area contributed by atoms with Crippen molar-refractivity contribution in [2.45, 2.75) is 39.5 Å². The molecular formula is C13H21BrN2. The van der Waals surface area contributed by atoms with Crippen LogP contribution in [0.15, 0.2) is 22.9 Å². The maximum absolute atomic E-state index is 4.11. The average Bonchev–Trinajstić information content (AvgIpc) is 2.31. The van der Waals surface area contributed by atoms with Crippen molar-refractivity contribution < 1.29 is 0 Å². The highest BCUT2D eigenvalue weighted by molar-refractivity contribution is 9.10. The molecule has 2 nitrogen and oxygen atoms in total. The molecule has 0 saturated heterocycles. The zero-order valence-electron chi connectivity index (χ0n) is 10.2. The normalized spacial score (nSPS) is 10.4. The van der Waals surface area contributed by atoms with Crippen LogP contribution in [0, 0.1) is 0 Å². The molecule has 0 N–H and O–H groups in total. The third kappa shape index (κ3) is 4.12. The molecule has 1 heterocycles. The first-order chi connectivity index (χ1) is 7.79. The molecular weight excluding hydrogens is 264 g/mol. The molecule has 0 amide bonds. The van der Waals surface area contributed by atoms with Crippen molar-refractivity contribution in [3.05, 3.63) is 22.9 Å². The predicted octanol–water partition coefficient (Wildman–Crippen LogP) is 4.25. The van der Waals surface area contributed by atoms with Gasteiger partial charge in [-0.1, -0.05) is 26.7 Å². The molecule has 1 rings (SSSR count). The smallest absolute Gasteiger partial charge is 0.0592 e. The minimum absolute atomic E-state index is 1.10. The van der Waals surface area contributed by atoms with Crippen LogP contribution >= 0.6 is 15.9 Å². The molecule has 1 aromatic rings. The van der Waals surface area contributed by atoms with Crippen LogP contribution in [0.1, 0.15) is 39.5 Å². The van der Waals surface area contributed by atoms with Crippen molar-refractivity contribution in [2.75, 3.05) is 18.0 Å². The fraction of sp³-hybridized carbons (Fsp3) is 0.615. The maximum atomic E-state index is 4.11. The Kier molecular flexibility index (Phi) is 6.46. The second kappa shape index (κ2) is 7.66. The summed E-state index contributed by atoms with van der Waals surface area (Å²) >= 11 is 3.58. The topological polar surface area (TPSA) is 16.1 Å². The van der Waals surface area contributed by atoms with Gasteiger partial charge >= 0.3 is 0 Å². The molecule has 0 spiro atoms. The Morgan fingerprint density at radius 1 is 1.19 bits per heavy atom. The Morgan fingerprint density at radius 2 is 1.81 bits per heavy atom. The van der Waals surface area contributed by atoms with Crippen LogP contribution in [-0.2, 0) is 0 Å². The number of pyridine rings is 1. The van der Waals surface area contributed by atoms with E-state index in [2.05, 4.69) is 45.7 Å². The minimum atomic E-state index is 1.10. The van der Waals surface area contributed by atoms with Crippen molar-refractivity contribution >= 4 is 21.6 Å². The fourth-order valence-electron chi connectivity index (χ4n) is 1.67. The van der Waals surface area contributed by atoms with E-state index in [0.717, 1.165) is 17.6 Å². The lowest BCUT2D eigenvalue weighted by atomic mass is 10.2. The van der Waals surface area contributed by atoms with Gasteiger partial charge in [-0.25, -0.2) is 0 Å². The van der Waals surface area contributed by atoms with E-state index in [9.17, 15) is 0 Å². The molecule has 0 unspecified atom stereocenters. The van der Waals surface area contributed by atoms with Crippen LogP contribution in [0.25, 0.3) is 0 Å². The van der Waals surface area contributed by atoms with Crippen LogP contribution in [0.2, 0.25) is 0 Å². The summed E-state index contributed by atoms with van der Waals surface area (Å²) in [5.74, 6) is 0. The molecule has 1 aromatic heterocycles. The summed E-state index contributed by atoms with van der Waals surface area (Å²) < 4.78 is 1.10. The van der Waals surface area contributed by atoms with Crippen molar-refractivity contribution in [3.8, 4) is 0 Å². The minimum Gasteiger partial charge on any atom is -0.371 e. The van der Waals surface area contributed by atoms with Gasteiger partial charge in [0.05, 0.1) is 10.2 Å². The third-order valence-electron chi connectivity index (χ3n) is 2.65. The van der Waals surface area contributed by atoms with Gasteiger partial charge in [-0.05, 0) is 34.8 Å². The number of rotatable bonds is 7. The SMILES string of the molecule is CCCCN(CCCC)c1ccncc1Br. The molecule has 0 atom stereocenters. The molecule has 0 aliphatic carbocycles. The van der Waals surface area contributed by atoms with E-state index >= 15 is 0 Å². The Morgan fingerprint density at radius 3 is 2.31 bits per heavy atom. The standard InChI is InChI=1S/C13H21BrN2/c1-3-5-9-16(10-6-4-2)13-7-8-15-11-12(13)14/h7-8,11H,3-6,9-10H2,1-2H3. The number of anilines is 1. The highest BCUT2D eigenvalue weighted by atomic mass is 79.9. The van der Waals surface area contributed by atoms with Gasteiger partial charge in [-0.2, -0.15) is 0 Å². The monoisotopic (exact) mass is 284 g/mol. The van der Waals surface area contributed by atoms with Gasteiger partial charge in [0, 0.05) is 25.5 Å². The number of hydrogen-bond donors (Lipinski definition) is 0. The van der Waals surface area contributed by atoms with E-state index < -0.39 is 0 Å². The van der Waals surface area contributed by atoms with Crippen LogP contribution in [0.3, 0.4) is 0 Å². The lowest BCUT2D eigenvalue weighted by molar-refractivity contribution is 0.677. The molecule has 0 radical (unpaired) electrons. The van der Waals surface area contributed by atoms with Crippen LogP contribution in [0.4, 0.5) is 5.69 Å².